The van der Waals surface area contributed by atoms with Crippen LogP contribution in [0.4, 0.5) is 5.82 Å². The van der Waals surface area contributed by atoms with Crippen molar-refractivity contribution in [2.45, 2.75) is 26.4 Å². The number of benzene rings is 1. The molecular formula is C21H26N4O3. The second kappa shape index (κ2) is 7.31. The van der Waals surface area contributed by atoms with Crippen LogP contribution in [0.25, 0.3) is 10.9 Å². The maximum absolute atomic E-state index is 10.6. The molecule has 0 spiro atoms. The normalized spacial score (nSPS) is 19.4. The van der Waals surface area contributed by atoms with E-state index < -0.39 is 6.10 Å². The van der Waals surface area contributed by atoms with Crippen molar-refractivity contribution < 1.29 is 14.6 Å². The zero-order valence-electron chi connectivity index (χ0n) is 16.7. The summed E-state index contributed by atoms with van der Waals surface area (Å²) in [5.74, 6) is 2.45. The van der Waals surface area contributed by atoms with Gasteiger partial charge in [-0.3, -0.25) is 5.10 Å². The third kappa shape index (κ3) is 3.26. The average Bonchev–Trinajstić information content (AvgIpc) is 3.26. The van der Waals surface area contributed by atoms with E-state index in [4.69, 9.17) is 14.5 Å². The summed E-state index contributed by atoms with van der Waals surface area (Å²) in [6.07, 6.45) is 0.327. The monoisotopic (exact) mass is 382 g/mol. The van der Waals surface area contributed by atoms with Crippen LogP contribution in [-0.4, -0.2) is 53.7 Å². The molecule has 3 heterocycles. The number of rotatable bonds is 5. The predicted molar refractivity (Wildman–Crippen MR) is 108 cm³/mol. The molecule has 148 valence electrons. The molecule has 1 aliphatic rings. The van der Waals surface area contributed by atoms with E-state index in [-0.39, 0.29) is 5.92 Å². The van der Waals surface area contributed by atoms with Crippen molar-refractivity contribution in [3.05, 3.63) is 41.2 Å². The highest BCUT2D eigenvalue weighted by atomic mass is 16.5. The smallest absolute Gasteiger partial charge is 0.145 e. The Bertz CT molecular complexity index is 1000. The van der Waals surface area contributed by atoms with Crippen molar-refractivity contribution in [2.75, 3.05) is 32.2 Å². The van der Waals surface area contributed by atoms with E-state index in [9.17, 15) is 5.11 Å². The number of methoxy groups -OCH3 is 2. The summed E-state index contributed by atoms with van der Waals surface area (Å²) in [5, 5.41) is 18.8. The van der Waals surface area contributed by atoms with Gasteiger partial charge in [-0.1, -0.05) is 0 Å². The van der Waals surface area contributed by atoms with E-state index in [0.717, 1.165) is 52.4 Å². The molecule has 1 aromatic carbocycles. The average molecular weight is 382 g/mol. The van der Waals surface area contributed by atoms with Gasteiger partial charge in [0.25, 0.3) is 0 Å². The number of hydrogen-bond donors (Lipinski definition) is 2. The van der Waals surface area contributed by atoms with E-state index in [1.54, 1.807) is 14.2 Å². The first-order valence-electron chi connectivity index (χ1n) is 9.46. The second-order valence-corrected chi connectivity index (χ2v) is 7.47. The summed E-state index contributed by atoms with van der Waals surface area (Å²) in [4.78, 5) is 7.00. The number of pyridine rings is 1. The maximum Gasteiger partial charge on any atom is 0.145 e. The summed E-state index contributed by atoms with van der Waals surface area (Å²) >= 11 is 0. The Morgan fingerprint density at radius 2 is 1.89 bits per heavy atom. The lowest BCUT2D eigenvalue weighted by molar-refractivity contribution is 0.148. The van der Waals surface area contributed by atoms with Gasteiger partial charge in [0, 0.05) is 30.1 Å². The molecule has 1 aliphatic heterocycles. The fourth-order valence-electron chi connectivity index (χ4n) is 4.04. The molecule has 1 fully saturated rings. The number of H-pyrrole nitrogens is 1. The number of hydrogen-bond acceptors (Lipinski definition) is 6. The maximum atomic E-state index is 10.6. The van der Waals surface area contributed by atoms with Gasteiger partial charge in [-0.05, 0) is 50.1 Å². The van der Waals surface area contributed by atoms with Gasteiger partial charge in [0.15, 0.2) is 0 Å². The van der Waals surface area contributed by atoms with Gasteiger partial charge in [-0.25, -0.2) is 4.98 Å². The summed E-state index contributed by atoms with van der Waals surface area (Å²) in [6, 6.07) is 7.86. The number of aliphatic hydroxyl groups is 1. The molecule has 1 saturated heterocycles. The molecular weight excluding hydrogens is 356 g/mol. The van der Waals surface area contributed by atoms with E-state index >= 15 is 0 Å². The van der Waals surface area contributed by atoms with Gasteiger partial charge in [-0.2, -0.15) is 5.10 Å². The predicted octanol–water partition coefficient (Wildman–Crippen LogP) is 2.63. The molecule has 7 nitrogen and oxygen atoms in total. The minimum absolute atomic E-state index is 0.118. The van der Waals surface area contributed by atoms with Gasteiger partial charge in [0.05, 0.1) is 26.0 Å². The fourth-order valence-corrected chi connectivity index (χ4v) is 4.04. The van der Waals surface area contributed by atoms with E-state index in [2.05, 4.69) is 21.2 Å². The number of nitrogens with one attached hydrogen (secondary N) is 1. The highest BCUT2D eigenvalue weighted by Crippen LogP contribution is 2.37. The second-order valence-electron chi connectivity index (χ2n) is 7.47. The molecule has 2 atom stereocenters. The minimum atomic E-state index is -0.415. The van der Waals surface area contributed by atoms with E-state index in [0.29, 0.717) is 12.3 Å². The molecule has 0 aliphatic carbocycles. The molecule has 0 unspecified atom stereocenters. The van der Waals surface area contributed by atoms with Gasteiger partial charge in [0.1, 0.15) is 22.8 Å². The van der Waals surface area contributed by atoms with Crippen molar-refractivity contribution in [3.8, 4) is 11.5 Å². The summed E-state index contributed by atoms with van der Waals surface area (Å²) < 4.78 is 11.0. The molecule has 0 amide bonds. The zero-order valence-corrected chi connectivity index (χ0v) is 16.7. The van der Waals surface area contributed by atoms with Crippen molar-refractivity contribution >= 4 is 16.7 Å². The lowest BCUT2D eigenvalue weighted by atomic mass is 10.0. The number of aryl methyl sites for hydroxylation is 2. The molecule has 28 heavy (non-hydrogen) atoms. The molecule has 2 N–H and O–H groups in total. The van der Waals surface area contributed by atoms with Crippen LogP contribution in [0.5, 0.6) is 11.5 Å². The van der Waals surface area contributed by atoms with Crippen LogP contribution in [0.15, 0.2) is 24.3 Å². The van der Waals surface area contributed by atoms with E-state index in [1.807, 2.05) is 32.0 Å². The molecule has 7 heteroatoms. The Hall–Kier alpha value is -2.80. The number of β-amino-alcohol motifs (C(OH)–C–C–N with tert-alkyl or cyclic N) is 1. The molecule has 4 rings (SSSR count). The molecule has 0 radical (unpaired) electrons. The Morgan fingerprint density at radius 3 is 2.57 bits per heavy atom. The summed E-state index contributed by atoms with van der Waals surface area (Å²) in [5.41, 5.74) is 3.86. The standard InChI is InChI=1S/C21H26N4O3/c1-12-7-19(22-21-18(28-4)6-5-17(27-3)20(12)21)25-10-14(16(26)11-25)9-15-8-13(2)23-24-15/h5-8,14,16,26H,9-11H2,1-4H3,(H,23,24)/t14-,16+/m1/s1. The van der Waals surface area contributed by atoms with Crippen LogP contribution in [0, 0.1) is 19.8 Å². The number of nitrogens with zero attached hydrogens (tertiary/aromatic N) is 3. The van der Waals surface area contributed by atoms with Crippen LogP contribution in [-0.2, 0) is 6.42 Å². The largest absolute Gasteiger partial charge is 0.496 e. The lowest BCUT2D eigenvalue weighted by Gasteiger charge is -2.20. The van der Waals surface area contributed by atoms with Crippen LogP contribution in [0.3, 0.4) is 0 Å². The number of ether oxygens (including phenoxy) is 2. The molecule has 0 bridgehead atoms. The number of anilines is 1. The van der Waals surface area contributed by atoms with Crippen LogP contribution >= 0.6 is 0 Å². The number of aromatic nitrogens is 3. The van der Waals surface area contributed by atoms with Crippen molar-refractivity contribution in [1.29, 1.82) is 0 Å². The first-order chi connectivity index (χ1) is 13.5. The third-order valence-corrected chi connectivity index (χ3v) is 5.47. The minimum Gasteiger partial charge on any atom is -0.496 e. The number of fused-ring (bicyclic) bond motifs is 1. The van der Waals surface area contributed by atoms with Crippen molar-refractivity contribution in [3.63, 3.8) is 0 Å². The fraction of sp³-hybridized carbons (Fsp3) is 0.429. The van der Waals surface area contributed by atoms with Crippen molar-refractivity contribution in [1.82, 2.24) is 15.2 Å². The zero-order chi connectivity index (χ0) is 19.8. The Balaban J connectivity index is 1.65. The third-order valence-electron chi connectivity index (χ3n) is 5.47. The summed E-state index contributed by atoms with van der Waals surface area (Å²) in [6.45, 7) is 5.32. The topological polar surface area (TPSA) is 83.5 Å². The van der Waals surface area contributed by atoms with Gasteiger partial charge >= 0.3 is 0 Å². The first-order valence-corrected chi connectivity index (χ1v) is 9.46. The highest BCUT2D eigenvalue weighted by molar-refractivity contribution is 5.94. The Kier molecular flexibility index (Phi) is 4.85. The van der Waals surface area contributed by atoms with Gasteiger partial charge in [0.2, 0.25) is 0 Å². The molecule has 0 saturated carbocycles. The Labute approximate surface area is 164 Å². The first kappa shape index (κ1) is 18.6. The quantitative estimate of drug-likeness (QED) is 0.706. The Morgan fingerprint density at radius 1 is 1.14 bits per heavy atom. The molecule has 3 aromatic rings. The van der Waals surface area contributed by atoms with Gasteiger partial charge < -0.3 is 19.5 Å². The number of aromatic amines is 1. The lowest BCUT2D eigenvalue weighted by Crippen LogP contribution is -2.22. The van der Waals surface area contributed by atoms with Crippen LogP contribution in [0.2, 0.25) is 0 Å². The van der Waals surface area contributed by atoms with Crippen LogP contribution < -0.4 is 14.4 Å². The molecule has 2 aromatic heterocycles. The van der Waals surface area contributed by atoms with Crippen molar-refractivity contribution in [2.24, 2.45) is 5.92 Å². The summed E-state index contributed by atoms with van der Waals surface area (Å²) in [7, 11) is 3.30. The number of aliphatic hydroxyl groups excluding tert-OH is 1. The van der Waals surface area contributed by atoms with E-state index in [1.165, 1.54) is 0 Å². The SMILES string of the molecule is COc1ccc(OC)c2c(C)cc(N3C[C@@H](Cc4cc(C)[nH]n4)[C@@H](O)C3)nc12. The van der Waals surface area contributed by atoms with Crippen LogP contribution in [0.1, 0.15) is 17.0 Å². The van der Waals surface area contributed by atoms with Gasteiger partial charge in [-0.15, -0.1) is 0 Å². The highest BCUT2D eigenvalue weighted by Gasteiger charge is 2.33.